The van der Waals surface area contributed by atoms with Crippen LogP contribution >= 0.6 is 0 Å². The number of hydrogen-bond acceptors (Lipinski definition) is 6. The van der Waals surface area contributed by atoms with Crippen molar-refractivity contribution in [2.24, 2.45) is 0 Å². The Balaban J connectivity index is 1.96. The molecule has 0 aromatic heterocycles. The van der Waals surface area contributed by atoms with Gasteiger partial charge in [-0.15, -0.1) is 0 Å². The lowest BCUT2D eigenvalue weighted by Crippen LogP contribution is -2.46. The van der Waals surface area contributed by atoms with Crippen molar-refractivity contribution in [1.82, 2.24) is 10.9 Å². The number of carbonyl (C=O) groups is 3. The van der Waals surface area contributed by atoms with Crippen molar-refractivity contribution in [3.63, 3.8) is 0 Å². The molecule has 0 unspecified atom stereocenters. The lowest BCUT2D eigenvalue weighted by molar-refractivity contribution is -0.129. The summed E-state index contributed by atoms with van der Waals surface area (Å²) in [4.78, 5) is 36.3. The molecule has 2 aromatic rings. The molecule has 8 nitrogen and oxygen atoms in total. The minimum Gasteiger partial charge on any atom is -0.493 e. The van der Waals surface area contributed by atoms with Gasteiger partial charge in [0.25, 0.3) is 11.8 Å². The van der Waals surface area contributed by atoms with Crippen molar-refractivity contribution in [2.45, 2.75) is 13.0 Å². The molecule has 0 radical (unpaired) electrons. The smallest absolute Gasteiger partial charge is 0.342 e. The molecule has 8 heteroatoms. The van der Waals surface area contributed by atoms with Gasteiger partial charge < -0.3 is 14.2 Å². The Kier molecular flexibility index (Phi) is 6.76. The highest BCUT2D eigenvalue weighted by atomic mass is 16.6. The zero-order chi connectivity index (χ0) is 19.8. The summed E-state index contributed by atoms with van der Waals surface area (Å²) in [5, 5.41) is 0. The van der Waals surface area contributed by atoms with Crippen LogP contribution in [0.3, 0.4) is 0 Å². The zero-order valence-corrected chi connectivity index (χ0v) is 15.1. The van der Waals surface area contributed by atoms with Gasteiger partial charge in [-0.3, -0.25) is 20.4 Å². The van der Waals surface area contributed by atoms with Crippen molar-refractivity contribution in [3.05, 3.63) is 59.7 Å². The number of esters is 1. The predicted molar refractivity (Wildman–Crippen MR) is 96.5 cm³/mol. The number of amides is 2. The predicted octanol–water partition coefficient (Wildman–Crippen LogP) is 1.71. The molecule has 0 aliphatic carbocycles. The molecule has 27 heavy (non-hydrogen) atoms. The van der Waals surface area contributed by atoms with Crippen LogP contribution in [0.25, 0.3) is 0 Å². The second kappa shape index (κ2) is 9.23. The van der Waals surface area contributed by atoms with Gasteiger partial charge in [0.05, 0.1) is 14.2 Å². The zero-order valence-electron chi connectivity index (χ0n) is 15.1. The second-order valence-electron chi connectivity index (χ2n) is 5.40. The number of hydrogen-bond donors (Lipinski definition) is 2. The lowest BCUT2D eigenvalue weighted by atomic mass is 10.2. The summed E-state index contributed by atoms with van der Waals surface area (Å²) in [6.45, 7) is 1.38. The number of methoxy groups -OCH3 is 2. The molecule has 0 aliphatic heterocycles. The molecule has 0 bridgehead atoms. The number of hydrazine groups is 1. The summed E-state index contributed by atoms with van der Waals surface area (Å²) in [6, 6.07) is 13.1. The van der Waals surface area contributed by atoms with Crippen LogP contribution in [0.1, 0.15) is 27.6 Å². The van der Waals surface area contributed by atoms with Gasteiger partial charge in [-0.2, -0.15) is 0 Å². The number of nitrogens with one attached hydrogen (secondary N) is 2. The fourth-order valence-corrected chi connectivity index (χ4v) is 2.21. The Labute approximate surface area is 156 Å². The Hall–Kier alpha value is -3.55. The van der Waals surface area contributed by atoms with E-state index in [9.17, 15) is 14.4 Å². The highest BCUT2D eigenvalue weighted by Crippen LogP contribution is 2.31. The molecule has 2 aromatic carbocycles. The minimum absolute atomic E-state index is 0.116. The molecule has 0 aliphatic rings. The quantitative estimate of drug-likeness (QED) is 0.591. The molecule has 142 valence electrons. The Morgan fingerprint density at radius 1 is 0.889 bits per heavy atom. The topological polar surface area (TPSA) is 103 Å². The van der Waals surface area contributed by atoms with E-state index in [2.05, 4.69) is 10.9 Å². The van der Waals surface area contributed by atoms with Crippen molar-refractivity contribution in [2.75, 3.05) is 14.2 Å². The molecule has 0 saturated carbocycles. The van der Waals surface area contributed by atoms with Gasteiger partial charge in [0.1, 0.15) is 5.56 Å². The van der Waals surface area contributed by atoms with Gasteiger partial charge in [-0.25, -0.2) is 4.79 Å². The summed E-state index contributed by atoms with van der Waals surface area (Å²) < 4.78 is 15.4. The van der Waals surface area contributed by atoms with Crippen molar-refractivity contribution in [3.8, 4) is 11.5 Å². The fraction of sp³-hybridized carbons (Fsp3) is 0.211. The van der Waals surface area contributed by atoms with Crippen molar-refractivity contribution < 1.29 is 28.6 Å². The summed E-state index contributed by atoms with van der Waals surface area (Å²) in [5.41, 5.74) is 4.97. The summed E-state index contributed by atoms with van der Waals surface area (Å²) in [6.07, 6.45) is -1.15. The number of carbonyl (C=O) groups excluding carboxylic acids is 3. The van der Waals surface area contributed by atoms with Crippen LogP contribution in [0.5, 0.6) is 11.5 Å². The maximum atomic E-state index is 12.3. The summed E-state index contributed by atoms with van der Waals surface area (Å²) >= 11 is 0. The largest absolute Gasteiger partial charge is 0.493 e. The molecular weight excluding hydrogens is 352 g/mol. The Bertz CT molecular complexity index is 822. The SMILES string of the molecule is COc1cccc(C(=O)O[C@H](C)C(=O)NNC(=O)c2ccccc2)c1OC. The first-order valence-corrected chi connectivity index (χ1v) is 8.05. The van der Waals surface area contributed by atoms with E-state index in [0.717, 1.165) is 0 Å². The van der Waals surface area contributed by atoms with Crippen LogP contribution in [0.15, 0.2) is 48.5 Å². The van der Waals surface area contributed by atoms with Crippen LogP contribution in [0, 0.1) is 0 Å². The normalized spacial score (nSPS) is 11.1. The molecule has 2 N–H and O–H groups in total. The third-order valence-corrected chi connectivity index (χ3v) is 3.61. The average molecular weight is 372 g/mol. The third-order valence-electron chi connectivity index (χ3n) is 3.61. The van der Waals surface area contributed by atoms with Crippen molar-refractivity contribution in [1.29, 1.82) is 0 Å². The molecule has 0 fully saturated rings. The number of benzene rings is 2. The van der Waals surface area contributed by atoms with Crippen LogP contribution in [0.4, 0.5) is 0 Å². The Morgan fingerprint density at radius 3 is 2.22 bits per heavy atom. The molecule has 0 heterocycles. The molecule has 2 amide bonds. The second-order valence-corrected chi connectivity index (χ2v) is 5.40. The fourth-order valence-electron chi connectivity index (χ4n) is 2.21. The number of rotatable bonds is 6. The van der Waals surface area contributed by atoms with E-state index in [0.29, 0.717) is 11.3 Å². The Morgan fingerprint density at radius 2 is 1.59 bits per heavy atom. The third kappa shape index (κ3) is 4.97. The van der Waals surface area contributed by atoms with E-state index in [4.69, 9.17) is 14.2 Å². The van der Waals surface area contributed by atoms with Crippen LogP contribution in [-0.4, -0.2) is 38.1 Å². The highest BCUT2D eigenvalue weighted by Gasteiger charge is 2.23. The molecule has 1 atom stereocenters. The average Bonchev–Trinajstić information content (AvgIpc) is 2.71. The maximum Gasteiger partial charge on any atom is 0.342 e. The van der Waals surface area contributed by atoms with Gasteiger partial charge in [-0.1, -0.05) is 24.3 Å². The lowest BCUT2D eigenvalue weighted by Gasteiger charge is -2.16. The summed E-state index contributed by atoms with van der Waals surface area (Å²) in [5.74, 6) is -1.37. The highest BCUT2D eigenvalue weighted by molar-refractivity contribution is 5.97. The van der Waals surface area contributed by atoms with Crippen LogP contribution in [0.2, 0.25) is 0 Å². The summed E-state index contributed by atoms with van der Waals surface area (Å²) in [7, 11) is 2.84. The molecular formula is C19H20N2O6. The first kappa shape index (κ1) is 19.8. The first-order chi connectivity index (χ1) is 13.0. The van der Waals surface area contributed by atoms with Gasteiger partial charge in [-0.05, 0) is 31.2 Å². The first-order valence-electron chi connectivity index (χ1n) is 8.05. The molecule has 2 rings (SSSR count). The van der Waals surface area contributed by atoms with Crippen LogP contribution in [-0.2, 0) is 9.53 Å². The van der Waals surface area contributed by atoms with Gasteiger partial charge in [0.2, 0.25) is 0 Å². The molecule has 0 saturated heterocycles. The number of ether oxygens (including phenoxy) is 3. The van der Waals surface area contributed by atoms with Gasteiger partial charge in [0, 0.05) is 5.56 Å². The van der Waals surface area contributed by atoms with E-state index in [-0.39, 0.29) is 11.3 Å². The van der Waals surface area contributed by atoms with E-state index in [1.54, 1.807) is 42.5 Å². The van der Waals surface area contributed by atoms with E-state index in [1.165, 1.54) is 27.2 Å². The monoisotopic (exact) mass is 372 g/mol. The van der Waals surface area contributed by atoms with Gasteiger partial charge in [0.15, 0.2) is 17.6 Å². The molecule has 0 spiro atoms. The van der Waals surface area contributed by atoms with E-state index < -0.39 is 23.9 Å². The van der Waals surface area contributed by atoms with Crippen molar-refractivity contribution >= 4 is 17.8 Å². The minimum atomic E-state index is -1.15. The number of para-hydroxylation sites is 1. The maximum absolute atomic E-state index is 12.3. The van der Waals surface area contributed by atoms with Gasteiger partial charge >= 0.3 is 5.97 Å². The standard InChI is InChI=1S/C19H20N2O6/c1-12(17(22)20-21-18(23)13-8-5-4-6-9-13)27-19(24)14-10-7-11-15(25-2)16(14)26-3/h4-12H,1-3H3,(H,20,22)(H,21,23)/t12-/m1/s1. The van der Waals surface area contributed by atoms with E-state index in [1.807, 2.05) is 0 Å². The van der Waals surface area contributed by atoms with E-state index >= 15 is 0 Å². The van der Waals surface area contributed by atoms with Crippen LogP contribution < -0.4 is 20.3 Å².